The molecule has 0 spiro atoms. The van der Waals surface area contributed by atoms with Gasteiger partial charge in [-0.25, -0.2) is 0 Å². The highest BCUT2D eigenvalue weighted by atomic mass is 35.5. The van der Waals surface area contributed by atoms with Crippen molar-refractivity contribution in [2.75, 3.05) is 25.6 Å². The molecule has 0 saturated carbocycles. The molecule has 0 radical (unpaired) electrons. The van der Waals surface area contributed by atoms with E-state index in [2.05, 4.69) is 57.8 Å². The Morgan fingerprint density at radius 1 is 0.595 bits per heavy atom. The first-order valence-corrected chi connectivity index (χ1v) is 12.5. The topological polar surface area (TPSA) is 108 Å². The number of halogens is 4. The van der Waals surface area contributed by atoms with Crippen molar-refractivity contribution in [2.45, 2.75) is 24.9 Å². The Labute approximate surface area is 253 Å². The van der Waals surface area contributed by atoms with E-state index in [9.17, 15) is 0 Å². The highest BCUT2D eigenvalue weighted by molar-refractivity contribution is 7.10. The number of anilines is 2. The summed E-state index contributed by atoms with van der Waals surface area (Å²) in [5, 5.41) is 10.9. The maximum atomic E-state index is 5.95. The number of nitrogens with one attached hydrogen (secondary N) is 2. The third kappa shape index (κ3) is 12.3. The molecular weight excluding hydrogens is 590 g/mol. The lowest BCUT2D eigenvalue weighted by atomic mass is 10.0. The van der Waals surface area contributed by atoms with E-state index in [4.69, 9.17) is 11.5 Å². The van der Waals surface area contributed by atoms with Crippen LogP contribution in [0, 0.1) is 0 Å². The van der Waals surface area contributed by atoms with Crippen molar-refractivity contribution in [1.29, 1.82) is 0 Å². The highest BCUT2D eigenvalue weighted by Crippen LogP contribution is 2.25. The molecule has 2 aromatic heterocycles. The summed E-state index contributed by atoms with van der Waals surface area (Å²) in [4.78, 5) is 2.71. The number of hydrogen-bond acceptors (Lipinski definition) is 6. The van der Waals surface area contributed by atoms with Gasteiger partial charge in [0.1, 0.15) is 0 Å². The summed E-state index contributed by atoms with van der Waals surface area (Å²) in [7, 11) is 3.98. The van der Waals surface area contributed by atoms with Crippen molar-refractivity contribution in [2.24, 2.45) is 0 Å². The Morgan fingerprint density at radius 2 is 0.946 bits per heavy atom. The lowest BCUT2D eigenvalue weighted by Gasteiger charge is -2.15. The zero-order valence-electron chi connectivity index (χ0n) is 20.8. The molecule has 5 nitrogen and oxygen atoms in total. The summed E-state index contributed by atoms with van der Waals surface area (Å²) in [6, 6.07) is 25.3. The number of para-hydroxylation sites is 2. The molecule has 8 N–H and O–H groups in total. The second-order valence-electron chi connectivity index (χ2n) is 7.52. The van der Waals surface area contributed by atoms with Gasteiger partial charge in [-0.3, -0.25) is 0 Å². The average molecular weight is 629 g/mol. The van der Waals surface area contributed by atoms with Gasteiger partial charge < -0.3 is 27.6 Å². The zero-order chi connectivity index (χ0) is 22.8. The molecule has 37 heavy (non-hydrogen) atoms. The first-order valence-electron chi connectivity index (χ1n) is 10.7. The Balaban J connectivity index is -0.000000550. The van der Waals surface area contributed by atoms with Gasteiger partial charge in [-0.1, -0.05) is 48.5 Å². The predicted molar refractivity (Wildman–Crippen MR) is 174 cm³/mol. The summed E-state index contributed by atoms with van der Waals surface area (Å²) >= 11 is 3.55. The normalized spacial score (nSPS) is 10.9. The molecule has 0 aliphatic carbocycles. The van der Waals surface area contributed by atoms with Gasteiger partial charge in [0.25, 0.3) is 0 Å². The molecule has 0 amide bonds. The van der Waals surface area contributed by atoms with Crippen molar-refractivity contribution in [1.82, 2.24) is 10.6 Å². The van der Waals surface area contributed by atoms with Crippen LogP contribution < -0.4 is 22.1 Å². The number of hydrogen-bond donors (Lipinski definition) is 4. The van der Waals surface area contributed by atoms with Gasteiger partial charge >= 0.3 is 0 Å². The van der Waals surface area contributed by atoms with Crippen molar-refractivity contribution in [3.05, 3.63) is 104 Å². The van der Waals surface area contributed by atoms with Gasteiger partial charge in [0.05, 0.1) is 0 Å². The number of benzene rings is 2. The van der Waals surface area contributed by atoms with Crippen LogP contribution in [0.4, 0.5) is 11.4 Å². The predicted octanol–water partition coefficient (Wildman–Crippen LogP) is 6.53. The van der Waals surface area contributed by atoms with E-state index in [0.717, 1.165) is 24.2 Å². The summed E-state index contributed by atoms with van der Waals surface area (Å²) in [5.41, 5.74) is 16.1. The van der Waals surface area contributed by atoms with Crippen LogP contribution in [0.1, 0.15) is 33.0 Å². The van der Waals surface area contributed by atoms with Crippen molar-refractivity contribution < 1.29 is 5.48 Å². The fourth-order valence-corrected chi connectivity index (χ4v) is 5.22. The monoisotopic (exact) mass is 626 g/mol. The SMILES string of the molecule is CNC(Cc1ccccc1N)c1cccs1.CNC(Cc1ccccc1N)c1cccs1.Cl.Cl.Cl.Cl.O. The molecule has 4 aromatic rings. The summed E-state index contributed by atoms with van der Waals surface area (Å²) < 4.78 is 0. The quantitative estimate of drug-likeness (QED) is 0.167. The molecule has 0 aliphatic rings. The first-order chi connectivity index (χ1) is 15.6. The van der Waals surface area contributed by atoms with E-state index in [1.807, 2.05) is 50.5 Å². The van der Waals surface area contributed by atoms with E-state index in [1.165, 1.54) is 20.9 Å². The van der Waals surface area contributed by atoms with Crippen LogP contribution in [0.15, 0.2) is 83.6 Å². The van der Waals surface area contributed by atoms with Crippen molar-refractivity contribution in [3.8, 4) is 0 Å². The highest BCUT2D eigenvalue weighted by Gasteiger charge is 2.13. The molecule has 2 heterocycles. The molecule has 0 aliphatic heterocycles. The fourth-order valence-electron chi connectivity index (χ4n) is 3.55. The van der Waals surface area contributed by atoms with Crippen molar-refractivity contribution >= 4 is 83.7 Å². The largest absolute Gasteiger partial charge is 0.412 e. The fraction of sp³-hybridized carbons (Fsp3) is 0.231. The minimum absolute atomic E-state index is 0. The van der Waals surface area contributed by atoms with Crippen LogP contribution in [-0.2, 0) is 12.8 Å². The average Bonchev–Trinajstić information content (AvgIpc) is 3.53. The number of likely N-dealkylation sites (N-methyl/N-ethyl adjacent to an activating group) is 2. The van der Waals surface area contributed by atoms with Crippen LogP contribution in [0.2, 0.25) is 0 Å². The Bertz CT molecular complexity index is 984. The van der Waals surface area contributed by atoms with Crippen LogP contribution >= 0.6 is 72.3 Å². The molecule has 2 unspecified atom stereocenters. The minimum Gasteiger partial charge on any atom is -0.412 e. The molecule has 0 saturated heterocycles. The van der Waals surface area contributed by atoms with E-state index >= 15 is 0 Å². The van der Waals surface area contributed by atoms with Gasteiger partial charge in [-0.15, -0.1) is 72.3 Å². The molecule has 0 fully saturated rings. The van der Waals surface area contributed by atoms with Gasteiger partial charge in [0, 0.05) is 33.2 Å². The third-order valence-corrected chi connectivity index (χ3v) is 7.40. The zero-order valence-corrected chi connectivity index (χ0v) is 25.7. The number of thiophene rings is 2. The van der Waals surface area contributed by atoms with Crippen LogP contribution in [0.3, 0.4) is 0 Å². The van der Waals surface area contributed by atoms with E-state index in [1.54, 1.807) is 22.7 Å². The standard InChI is InChI=1S/2C13H16N2S.4ClH.H2O/c2*1-15-12(13-7-4-8-16-13)9-10-5-2-3-6-11(10)14;;;;;/h2*2-8,12,15H,9,14H2,1H3;4*1H;1H2. The molecule has 4 rings (SSSR count). The molecule has 0 bridgehead atoms. The summed E-state index contributed by atoms with van der Waals surface area (Å²) in [6.07, 6.45) is 1.87. The second kappa shape index (κ2) is 21.4. The van der Waals surface area contributed by atoms with Gasteiger partial charge in [0.2, 0.25) is 0 Å². The van der Waals surface area contributed by atoms with Gasteiger partial charge in [-0.05, 0) is 73.1 Å². The second-order valence-corrected chi connectivity index (χ2v) is 9.48. The van der Waals surface area contributed by atoms with E-state index in [-0.39, 0.29) is 55.1 Å². The molecule has 11 heteroatoms. The van der Waals surface area contributed by atoms with Crippen LogP contribution in [0.5, 0.6) is 0 Å². The Kier molecular flexibility index (Phi) is 23.1. The Morgan fingerprint density at radius 3 is 1.22 bits per heavy atom. The lowest BCUT2D eigenvalue weighted by Crippen LogP contribution is -2.18. The first kappa shape index (κ1) is 40.0. The Hall–Kier alpha value is -1.52. The van der Waals surface area contributed by atoms with E-state index in [0.29, 0.717) is 12.1 Å². The molecule has 208 valence electrons. The number of rotatable bonds is 8. The minimum atomic E-state index is 0. The maximum absolute atomic E-state index is 5.95. The summed E-state index contributed by atoms with van der Waals surface area (Å²) in [5.74, 6) is 0. The maximum Gasteiger partial charge on any atom is 0.0454 e. The molecular formula is C26H38Cl4N4OS2. The van der Waals surface area contributed by atoms with Crippen LogP contribution in [0.25, 0.3) is 0 Å². The molecule has 2 aromatic carbocycles. The van der Waals surface area contributed by atoms with Gasteiger partial charge in [0.15, 0.2) is 0 Å². The van der Waals surface area contributed by atoms with Crippen LogP contribution in [-0.4, -0.2) is 19.6 Å². The smallest absolute Gasteiger partial charge is 0.0454 e. The third-order valence-electron chi connectivity index (χ3n) is 5.43. The van der Waals surface area contributed by atoms with Crippen molar-refractivity contribution in [3.63, 3.8) is 0 Å². The lowest BCUT2D eigenvalue weighted by molar-refractivity contribution is 0.603. The van der Waals surface area contributed by atoms with E-state index < -0.39 is 0 Å². The van der Waals surface area contributed by atoms with Gasteiger partial charge in [-0.2, -0.15) is 0 Å². The number of nitrogens with two attached hydrogens (primary N) is 2. The molecule has 2 atom stereocenters. The number of nitrogen functional groups attached to an aromatic ring is 2. The summed E-state index contributed by atoms with van der Waals surface area (Å²) in [6.45, 7) is 0.